The second kappa shape index (κ2) is 7.76. The van der Waals surface area contributed by atoms with Gasteiger partial charge in [0.2, 0.25) is 0 Å². The van der Waals surface area contributed by atoms with Crippen LogP contribution in [0.3, 0.4) is 0 Å². The summed E-state index contributed by atoms with van der Waals surface area (Å²) in [6.07, 6.45) is -0.623. The lowest BCUT2D eigenvalue weighted by Crippen LogP contribution is -2.32. The summed E-state index contributed by atoms with van der Waals surface area (Å²) in [5.41, 5.74) is 1.53. The van der Waals surface area contributed by atoms with Crippen molar-refractivity contribution in [1.82, 2.24) is 0 Å². The maximum Gasteiger partial charge on any atom is 0.128 e. The number of para-hydroxylation sites is 1. The first-order chi connectivity index (χ1) is 10.2. The number of likely N-dealkylation sites (N-methyl/N-ethyl adjacent to an activating group) is 1. The molecule has 0 aliphatic heterocycles. The Morgan fingerprint density at radius 2 is 1.76 bits per heavy atom. The lowest BCUT2D eigenvalue weighted by molar-refractivity contribution is 0.0314. The van der Waals surface area contributed by atoms with E-state index in [1.54, 1.807) is 18.2 Å². The van der Waals surface area contributed by atoms with Gasteiger partial charge >= 0.3 is 0 Å². The van der Waals surface area contributed by atoms with E-state index in [1.807, 2.05) is 42.3 Å². The van der Waals surface area contributed by atoms with Gasteiger partial charge in [-0.2, -0.15) is 0 Å². The van der Waals surface area contributed by atoms with E-state index in [4.69, 9.17) is 4.74 Å². The molecule has 1 unspecified atom stereocenters. The minimum Gasteiger partial charge on any atom is -0.389 e. The molecule has 0 fully saturated rings. The molecular weight excluding hydrogens is 269 g/mol. The molecule has 3 nitrogen and oxygen atoms in total. The summed E-state index contributed by atoms with van der Waals surface area (Å²) in [6, 6.07) is 16.3. The van der Waals surface area contributed by atoms with E-state index in [9.17, 15) is 9.50 Å². The first-order valence-electron chi connectivity index (χ1n) is 6.92. The van der Waals surface area contributed by atoms with Crippen molar-refractivity contribution in [3.8, 4) is 0 Å². The molecule has 0 saturated carbocycles. The van der Waals surface area contributed by atoms with Gasteiger partial charge in [0.25, 0.3) is 0 Å². The lowest BCUT2D eigenvalue weighted by Gasteiger charge is -2.22. The van der Waals surface area contributed by atoms with Crippen LogP contribution in [-0.4, -0.2) is 31.4 Å². The van der Waals surface area contributed by atoms with E-state index >= 15 is 0 Å². The van der Waals surface area contributed by atoms with Crippen molar-refractivity contribution < 1.29 is 14.2 Å². The van der Waals surface area contributed by atoms with E-state index in [1.165, 1.54) is 6.07 Å². The Bertz CT molecular complexity index is 547. The molecule has 2 aromatic rings. The molecule has 2 rings (SSSR count). The Morgan fingerprint density at radius 1 is 1.10 bits per heavy atom. The zero-order chi connectivity index (χ0) is 15.1. The van der Waals surface area contributed by atoms with Crippen LogP contribution >= 0.6 is 0 Å². The molecule has 0 heterocycles. The second-order valence-electron chi connectivity index (χ2n) is 4.98. The fourth-order valence-electron chi connectivity index (χ4n) is 2.08. The molecule has 0 aliphatic rings. The van der Waals surface area contributed by atoms with Crippen molar-refractivity contribution in [1.29, 1.82) is 0 Å². The smallest absolute Gasteiger partial charge is 0.128 e. The number of hydrogen-bond donors (Lipinski definition) is 1. The van der Waals surface area contributed by atoms with Crippen molar-refractivity contribution in [3.63, 3.8) is 0 Å². The fraction of sp³-hybridized carbons (Fsp3) is 0.294. The maximum absolute atomic E-state index is 13.4. The molecule has 0 bridgehead atoms. The summed E-state index contributed by atoms with van der Waals surface area (Å²) in [4.78, 5) is 1.96. The molecule has 2 aromatic carbocycles. The lowest BCUT2D eigenvalue weighted by atomic mass is 10.2. The van der Waals surface area contributed by atoms with Crippen LogP contribution in [-0.2, 0) is 11.3 Å². The van der Waals surface area contributed by atoms with Gasteiger partial charge in [-0.3, -0.25) is 0 Å². The maximum atomic E-state index is 13.4. The molecule has 0 aromatic heterocycles. The number of anilines is 1. The topological polar surface area (TPSA) is 32.7 Å². The van der Waals surface area contributed by atoms with Gasteiger partial charge < -0.3 is 14.7 Å². The number of aliphatic hydroxyl groups excluding tert-OH is 1. The van der Waals surface area contributed by atoms with Gasteiger partial charge in [0.05, 0.1) is 19.3 Å². The first-order valence-corrected chi connectivity index (χ1v) is 6.92. The summed E-state index contributed by atoms with van der Waals surface area (Å²) in [7, 11) is 1.91. The minimum atomic E-state index is -0.623. The van der Waals surface area contributed by atoms with Crippen molar-refractivity contribution in [3.05, 3.63) is 66.0 Å². The third-order valence-corrected chi connectivity index (χ3v) is 3.21. The Labute approximate surface area is 124 Å². The summed E-state index contributed by atoms with van der Waals surface area (Å²) in [5.74, 6) is -0.284. The van der Waals surface area contributed by atoms with Crippen LogP contribution in [0.15, 0.2) is 54.6 Å². The summed E-state index contributed by atoms with van der Waals surface area (Å²) in [6.45, 7) is 0.797. The molecular formula is C17H20FNO2. The van der Waals surface area contributed by atoms with E-state index < -0.39 is 6.10 Å². The van der Waals surface area contributed by atoms with Crippen LogP contribution in [0.1, 0.15) is 5.56 Å². The predicted molar refractivity (Wildman–Crippen MR) is 81.8 cm³/mol. The molecule has 0 radical (unpaired) electrons. The van der Waals surface area contributed by atoms with Gasteiger partial charge in [-0.1, -0.05) is 36.4 Å². The number of rotatable bonds is 7. The van der Waals surface area contributed by atoms with Gasteiger partial charge in [-0.25, -0.2) is 4.39 Å². The SMILES string of the molecule is CN(CC(O)COCc1ccccc1F)c1ccccc1. The summed E-state index contributed by atoms with van der Waals surface area (Å²) in [5, 5.41) is 9.97. The molecule has 21 heavy (non-hydrogen) atoms. The number of nitrogens with zero attached hydrogens (tertiary/aromatic N) is 1. The van der Waals surface area contributed by atoms with Gasteiger partial charge in [-0.05, 0) is 18.2 Å². The van der Waals surface area contributed by atoms with Crippen LogP contribution in [0.2, 0.25) is 0 Å². The van der Waals surface area contributed by atoms with Crippen LogP contribution in [0, 0.1) is 5.82 Å². The Morgan fingerprint density at radius 3 is 2.48 bits per heavy atom. The van der Waals surface area contributed by atoms with Gasteiger partial charge in [0, 0.05) is 24.8 Å². The first kappa shape index (κ1) is 15.5. The summed E-state index contributed by atoms with van der Waals surface area (Å²) < 4.78 is 18.8. The Balaban J connectivity index is 1.75. The second-order valence-corrected chi connectivity index (χ2v) is 4.98. The third-order valence-electron chi connectivity index (χ3n) is 3.21. The Hall–Kier alpha value is -1.91. The van der Waals surface area contributed by atoms with E-state index in [2.05, 4.69) is 0 Å². The molecule has 0 aliphatic carbocycles. The average molecular weight is 289 g/mol. The highest BCUT2D eigenvalue weighted by Crippen LogP contribution is 2.12. The van der Waals surface area contributed by atoms with Crippen LogP contribution < -0.4 is 4.90 Å². The van der Waals surface area contributed by atoms with Crippen molar-refractivity contribution in [2.75, 3.05) is 25.1 Å². The fourth-order valence-corrected chi connectivity index (χ4v) is 2.08. The summed E-state index contributed by atoms with van der Waals surface area (Å²) >= 11 is 0. The Kier molecular flexibility index (Phi) is 5.72. The minimum absolute atomic E-state index is 0.165. The average Bonchev–Trinajstić information content (AvgIpc) is 2.50. The van der Waals surface area contributed by atoms with Gasteiger partial charge in [0.15, 0.2) is 0 Å². The zero-order valence-corrected chi connectivity index (χ0v) is 12.1. The predicted octanol–water partition coefficient (Wildman–Crippen LogP) is 2.84. The van der Waals surface area contributed by atoms with Crippen LogP contribution in [0.25, 0.3) is 0 Å². The number of ether oxygens (including phenoxy) is 1. The molecule has 112 valence electrons. The van der Waals surface area contributed by atoms with Gasteiger partial charge in [0.1, 0.15) is 5.82 Å². The molecule has 0 amide bonds. The highest BCUT2D eigenvalue weighted by Gasteiger charge is 2.09. The van der Waals surface area contributed by atoms with Crippen molar-refractivity contribution in [2.24, 2.45) is 0 Å². The highest BCUT2D eigenvalue weighted by molar-refractivity contribution is 5.45. The number of halogens is 1. The number of hydrogen-bond acceptors (Lipinski definition) is 3. The monoisotopic (exact) mass is 289 g/mol. The van der Waals surface area contributed by atoms with E-state index in [0.717, 1.165) is 5.69 Å². The molecule has 0 spiro atoms. The molecule has 1 N–H and O–H groups in total. The zero-order valence-electron chi connectivity index (χ0n) is 12.1. The van der Waals surface area contributed by atoms with Crippen molar-refractivity contribution >= 4 is 5.69 Å². The highest BCUT2D eigenvalue weighted by atomic mass is 19.1. The van der Waals surface area contributed by atoms with Crippen molar-refractivity contribution in [2.45, 2.75) is 12.7 Å². The quantitative estimate of drug-likeness (QED) is 0.851. The number of aliphatic hydroxyl groups is 1. The third kappa shape index (κ3) is 4.85. The standard InChI is InChI=1S/C17H20FNO2/c1-19(15-8-3-2-4-9-15)11-16(20)13-21-12-14-7-5-6-10-17(14)18/h2-10,16,20H,11-13H2,1H3. The number of benzene rings is 2. The molecule has 1 atom stereocenters. The van der Waals surface area contributed by atoms with Crippen LogP contribution in [0.4, 0.5) is 10.1 Å². The van der Waals surface area contributed by atoms with Crippen LogP contribution in [0.5, 0.6) is 0 Å². The van der Waals surface area contributed by atoms with E-state index in [-0.39, 0.29) is 19.0 Å². The molecule has 0 saturated heterocycles. The largest absolute Gasteiger partial charge is 0.389 e. The van der Waals surface area contributed by atoms with Gasteiger partial charge in [-0.15, -0.1) is 0 Å². The normalized spacial score (nSPS) is 12.1. The molecule has 4 heteroatoms. The van der Waals surface area contributed by atoms with E-state index in [0.29, 0.717) is 12.1 Å².